The predicted molar refractivity (Wildman–Crippen MR) is 74.3 cm³/mol. The third-order valence-corrected chi connectivity index (χ3v) is 3.99. The summed E-state index contributed by atoms with van der Waals surface area (Å²) in [6.45, 7) is 6.57. The van der Waals surface area contributed by atoms with Crippen LogP contribution in [-0.4, -0.2) is 9.97 Å². The maximum atomic E-state index is 5.50. The zero-order chi connectivity index (χ0) is 13.1. The van der Waals surface area contributed by atoms with Gasteiger partial charge >= 0.3 is 0 Å². The fraction of sp³-hybridized carbons (Fsp3) is 0.714. The Kier molecular flexibility index (Phi) is 4.17. The van der Waals surface area contributed by atoms with Gasteiger partial charge in [-0.1, -0.05) is 27.2 Å². The van der Waals surface area contributed by atoms with Crippen molar-refractivity contribution in [3.8, 4) is 0 Å². The Bertz CT molecular complexity index is 403. The summed E-state index contributed by atoms with van der Waals surface area (Å²) in [4.78, 5) is 9.26. The summed E-state index contributed by atoms with van der Waals surface area (Å²) in [5, 5.41) is 0. The van der Waals surface area contributed by atoms with E-state index in [4.69, 9.17) is 10.8 Å². The molecule has 18 heavy (non-hydrogen) atoms. The van der Waals surface area contributed by atoms with Crippen LogP contribution in [0, 0.1) is 5.92 Å². The molecule has 1 aliphatic carbocycles. The Morgan fingerprint density at radius 3 is 2.72 bits per heavy atom. The van der Waals surface area contributed by atoms with Crippen molar-refractivity contribution in [1.29, 1.82) is 0 Å². The molecule has 0 aliphatic heterocycles. The van der Waals surface area contributed by atoms with E-state index in [0.29, 0.717) is 11.8 Å². The lowest BCUT2D eigenvalue weighted by Gasteiger charge is -2.14. The molecular weight excluding hydrogens is 224 g/mol. The SMILES string of the molecule is CCC1CCC(c2nc(NN)cc(C(C)C)n2)C1. The second-order valence-corrected chi connectivity index (χ2v) is 5.62. The Hall–Kier alpha value is -1.16. The van der Waals surface area contributed by atoms with Crippen molar-refractivity contribution in [2.24, 2.45) is 11.8 Å². The van der Waals surface area contributed by atoms with Crippen molar-refractivity contribution in [2.75, 3.05) is 5.43 Å². The topological polar surface area (TPSA) is 63.8 Å². The minimum atomic E-state index is 0.405. The number of rotatable bonds is 4. The van der Waals surface area contributed by atoms with Gasteiger partial charge in [-0.3, -0.25) is 0 Å². The first-order valence-corrected chi connectivity index (χ1v) is 6.99. The highest BCUT2D eigenvalue weighted by atomic mass is 15.3. The predicted octanol–water partition coefficient (Wildman–Crippen LogP) is 3.18. The molecule has 0 aromatic carbocycles. The first-order valence-electron chi connectivity index (χ1n) is 6.99. The summed E-state index contributed by atoms with van der Waals surface area (Å²) in [6.07, 6.45) is 5.01. The van der Waals surface area contributed by atoms with Gasteiger partial charge in [0.2, 0.25) is 0 Å². The van der Waals surface area contributed by atoms with Gasteiger partial charge in [0.1, 0.15) is 11.6 Å². The van der Waals surface area contributed by atoms with E-state index in [-0.39, 0.29) is 0 Å². The fourth-order valence-electron chi connectivity index (χ4n) is 2.72. The normalized spacial score (nSPS) is 23.6. The van der Waals surface area contributed by atoms with E-state index >= 15 is 0 Å². The van der Waals surface area contributed by atoms with Gasteiger partial charge in [-0.25, -0.2) is 15.8 Å². The van der Waals surface area contributed by atoms with E-state index in [1.54, 1.807) is 0 Å². The number of anilines is 1. The van der Waals surface area contributed by atoms with Crippen LogP contribution in [-0.2, 0) is 0 Å². The molecule has 1 heterocycles. The van der Waals surface area contributed by atoms with Crippen LogP contribution >= 0.6 is 0 Å². The number of hydrogen-bond acceptors (Lipinski definition) is 4. The molecule has 0 bridgehead atoms. The van der Waals surface area contributed by atoms with Gasteiger partial charge in [0, 0.05) is 17.7 Å². The van der Waals surface area contributed by atoms with E-state index in [1.807, 2.05) is 6.07 Å². The molecule has 1 aliphatic rings. The van der Waals surface area contributed by atoms with Gasteiger partial charge in [0.15, 0.2) is 0 Å². The van der Waals surface area contributed by atoms with Gasteiger partial charge in [0.05, 0.1) is 0 Å². The molecule has 4 heteroatoms. The lowest BCUT2D eigenvalue weighted by atomic mass is 10.0. The van der Waals surface area contributed by atoms with Gasteiger partial charge < -0.3 is 5.43 Å². The van der Waals surface area contributed by atoms with E-state index < -0.39 is 0 Å². The first-order chi connectivity index (χ1) is 8.63. The summed E-state index contributed by atoms with van der Waals surface area (Å²) in [6, 6.07) is 1.94. The molecule has 0 spiro atoms. The van der Waals surface area contributed by atoms with Crippen molar-refractivity contribution < 1.29 is 0 Å². The third kappa shape index (κ3) is 2.80. The molecule has 1 aromatic heterocycles. The molecule has 0 saturated heterocycles. The van der Waals surface area contributed by atoms with Crippen molar-refractivity contribution in [3.05, 3.63) is 17.6 Å². The van der Waals surface area contributed by atoms with Crippen LogP contribution in [0.1, 0.15) is 69.8 Å². The minimum absolute atomic E-state index is 0.405. The van der Waals surface area contributed by atoms with Crippen molar-refractivity contribution in [2.45, 2.75) is 58.3 Å². The van der Waals surface area contributed by atoms with Gasteiger partial charge in [-0.05, 0) is 31.1 Å². The maximum absolute atomic E-state index is 5.50. The Balaban J connectivity index is 2.24. The van der Waals surface area contributed by atoms with E-state index in [2.05, 4.69) is 31.2 Å². The zero-order valence-corrected chi connectivity index (χ0v) is 11.6. The number of aromatic nitrogens is 2. The average molecular weight is 248 g/mol. The molecule has 0 amide bonds. The smallest absolute Gasteiger partial charge is 0.143 e. The van der Waals surface area contributed by atoms with Gasteiger partial charge in [0.25, 0.3) is 0 Å². The summed E-state index contributed by atoms with van der Waals surface area (Å²) < 4.78 is 0. The Morgan fingerprint density at radius 1 is 1.39 bits per heavy atom. The fourth-order valence-corrected chi connectivity index (χ4v) is 2.72. The minimum Gasteiger partial charge on any atom is -0.308 e. The van der Waals surface area contributed by atoms with E-state index in [0.717, 1.165) is 23.3 Å². The Labute approximate surface area is 109 Å². The van der Waals surface area contributed by atoms with Crippen molar-refractivity contribution >= 4 is 5.82 Å². The summed E-state index contributed by atoms with van der Waals surface area (Å²) in [5.74, 6) is 8.98. The molecule has 3 N–H and O–H groups in total. The average Bonchev–Trinajstić information content (AvgIpc) is 2.86. The molecule has 2 rings (SSSR count). The molecule has 1 saturated carbocycles. The number of nitrogens with two attached hydrogens (primary N) is 1. The molecule has 4 nitrogen and oxygen atoms in total. The lowest BCUT2D eigenvalue weighted by molar-refractivity contribution is 0.516. The van der Waals surface area contributed by atoms with Crippen molar-refractivity contribution in [3.63, 3.8) is 0 Å². The summed E-state index contributed by atoms with van der Waals surface area (Å²) in [7, 11) is 0. The standard InChI is InChI=1S/C14H24N4/c1-4-10-5-6-11(7-10)14-16-12(9(2)3)8-13(17-14)18-15/h8-11H,4-7,15H2,1-3H3,(H,16,17,18). The molecule has 0 radical (unpaired) electrons. The van der Waals surface area contributed by atoms with Crippen LogP contribution in [0.4, 0.5) is 5.82 Å². The second-order valence-electron chi connectivity index (χ2n) is 5.62. The van der Waals surface area contributed by atoms with Crippen LogP contribution in [0.25, 0.3) is 0 Å². The van der Waals surface area contributed by atoms with Gasteiger partial charge in [-0.15, -0.1) is 0 Å². The highest BCUT2D eigenvalue weighted by Crippen LogP contribution is 2.38. The summed E-state index contributed by atoms with van der Waals surface area (Å²) in [5.41, 5.74) is 3.74. The molecule has 2 unspecified atom stereocenters. The largest absolute Gasteiger partial charge is 0.308 e. The quantitative estimate of drug-likeness (QED) is 0.634. The molecule has 1 fully saturated rings. The van der Waals surface area contributed by atoms with Crippen LogP contribution < -0.4 is 11.3 Å². The van der Waals surface area contributed by atoms with Crippen LogP contribution in [0.2, 0.25) is 0 Å². The lowest BCUT2D eigenvalue weighted by Crippen LogP contribution is -2.13. The molecule has 2 atom stereocenters. The first kappa shape index (κ1) is 13.3. The number of nitrogen functional groups attached to an aromatic ring is 1. The van der Waals surface area contributed by atoms with Crippen LogP contribution in [0.3, 0.4) is 0 Å². The van der Waals surface area contributed by atoms with E-state index in [9.17, 15) is 0 Å². The highest BCUT2D eigenvalue weighted by Gasteiger charge is 2.27. The van der Waals surface area contributed by atoms with Gasteiger partial charge in [-0.2, -0.15) is 0 Å². The number of hydrogen-bond donors (Lipinski definition) is 2. The zero-order valence-electron chi connectivity index (χ0n) is 11.6. The number of nitrogens with zero attached hydrogens (tertiary/aromatic N) is 2. The van der Waals surface area contributed by atoms with E-state index in [1.165, 1.54) is 25.7 Å². The maximum Gasteiger partial charge on any atom is 0.143 e. The number of nitrogens with one attached hydrogen (secondary N) is 1. The molecule has 1 aromatic rings. The summed E-state index contributed by atoms with van der Waals surface area (Å²) >= 11 is 0. The van der Waals surface area contributed by atoms with Crippen molar-refractivity contribution in [1.82, 2.24) is 9.97 Å². The van der Waals surface area contributed by atoms with Crippen LogP contribution in [0.15, 0.2) is 6.07 Å². The second kappa shape index (κ2) is 5.65. The van der Waals surface area contributed by atoms with Crippen LogP contribution in [0.5, 0.6) is 0 Å². The highest BCUT2D eigenvalue weighted by molar-refractivity contribution is 5.36. The third-order valence-electron chi connectivity index (χ3n) is 3.99. The molecular formula is C14H24N4. The molecule has 100 valence electrons. The number of hydrazine groups is 1. The Morgan fingerprint density at radius 2 is 2.17 bits per heavy atom. The monoisotopic (exact) mass is 248 g/mol.